The summed E-state index contributed by atoms with van der Waals surface area (Å²) in [4.78, 5) is 0. The van der Waals surface area contributed by atoms with Gasteiger partial charge in [-0.15, -0.1) is 11.3 Å². The lowest BCUT2D eigenvalue weighted by Gasteiger charge is -1.96. The van der Waals surface area contributed by atoms with Crippen molar-refractivity contribution in [2.24, 2.45) is 7.05 Å². The molecule has 0 saturated carbocycles. The second-order valence-corrected chi connectivity index (χ2v) is 4.45. The lowest BCUT2D eigenvalue weighted by Crippen LogP contribution is -1.88. The van der Waals surface area contributed by atoms with E-state index in [1.165, 1.54) is 16.5 Å². The molecule has 0 aliphatic heterocycles. The Morgan fingerprint density at radius 3 is 2.38 bits per heavy atom. The van der Waals surface area contributed by atoms with E-state index in [-0.39, 0.29) is 0 Å². The van der Waals surface area contributed by atoms with Gasteiger partial charge in [-0.1, -0.05) is 46.3 Å². The van der Waals surface area contributed by atoms with E-state index < -0.39 is 0 Å². The highest BCUT2D eigenvalue weighted by molar-refractivity contribution is 7.71. The minimum Gasteiger partial charge on any atom is -0.341 e. The first-order valence-corrected chi connectivity index (χ1v) is 7.02. The summed E-state index contributed by atoms with van der Waals surface area (Å²) >= 11 is 6.93. The van der Waals surface area contributed by atoms with Gasteiger partial charge in [0.15, 0.2) is 0 Å². The van der Waals surface area contributed by atoms with Gasteiger partial charge in [-0.3, -0.25) is 0 Å². The van der Waals surface area contributed by atoms with E-state index in [1.807, 2.05) is 31.7 Å². The molecule has 3 heteroatoms. The largest absolute Gasteiger partial charge is 0.341 e. The smallest absolute Gasteiger partial charge is 0.123 e. The summed E-state index contributed by atoms with van der Waals surface area (Å²) < 4.78 is 4.11. The Labute approximate surface area is 108 Å². The maximum Gasteiger partial charge on any atom is 0.123 e. The zero-order valence-corrected chi connectivity index (χ0v) is 12.4. The molecule has 0 bridgehead atoms. The van der Waals surface area contributed by atoms with E-state index >= 15 is 0 Å². The molecule has 0 amide bonds. The van der Waals surface area contributed by atoms with E-state index in [1.54, 1.807) is 11.3 Å². The molecular weight excluding hydrogens is 234 g/mol. The van der Waals surface area contributed by atoms with Crippen molar-refractivity contribution < 1.29 is 0 Å². The lowest BCUT2D eigenvalue weighted by atomic mass is 10.3. The summed E-state index contributed by atoms with van der Waals surface area (Å²) in [7, 11) is 1.97. The Kier molecular flexibility index (Phi) is 8.12. The Bertz CT molecular complexity index is 454. The van der Waals surface area contributed by atoms with Gasteiger partial charge in [-0.05, 0) is 22.9 Å². The Hall–Kier alpha value is -0.670. The number of hydrogen-bond acceptors (Lipinski definition) is 2. The van der Waals surface area contributed by atoms with Crippen molar-refractivity contribution in [3.05, 3.63) is 28.4 Å². The topological polar surface area (TPSA) is 4.93 Å². The number of hydrogen-bond donors (Lipinski definition) is 0. The zero-order valence-electron chi connectivity index (χ0n) is 10.8. The third-order valence-corrected chi connectivity index (χ3v) is 3.25. The molecule has 0 aromatic carbocycles. The van der Waals surface area contributed by atoms with Crippen LogP contribution in [0.15, 0.2) is 23.7 Å². The summed E-state index contributed by atoms with van der Waals surface area (Å²) in [6, 6.07) is 4.18. The van der Waals surface area contributed by atoms with Crippen molar-refractivity contribution in [2.45, 2.75) is 34.1 Å². The molecule has 0 unspecified atom stereocenters. The zero-order chi connectivity index (χ0) is 12.6. The van der Waals surface area contributed by atoms with E-state index in [4.69, 9.17) is 12.2 Å². The van der Waals surface area contributed by atoms with Gasteiger partial charge in [0.1, 0.15) is 4.64 Å². The van der Waals surface area contributed by atoms with Crippen LogP contribution in [0.5, 0.6) is 0 Å². The molecule has 0 aliphatic carbocycles. The van der Waals surface area contributed by atoms with E-state index in [2.05, 4.69) is 31.4 Å². The van der Waals surface area contributed by atoms with Crippen molar-refractivity contribution in [1.82, 2.24) is 4.57 Å². The molecule has 0 N–H and O–H groups in total. The van der Waals surface area contributed by atoms with E-state index in [0.29, 0.717) is 0 Å². The van der Waals surface area contributed by atoms with Gasteiger partial charge in [0.25, 0.3) is 0 Å². The molecule has 2 aromatic rings. The fraction of sp³-hybridized carbons (Fsp3) is 0.462. The van der Waals surface area contributed by atoms with Gasteiger partial charge >= 0.3 is 0 Å². The van der Waals surface area contributed by atoms with Gasteiger partial charge in [-0.2, -0.15) is 0 Å². The van der Waals surface area contributed by atoms with Gasteiger partial charge in [0, 0.05) is 13.2 Å². The van der Waals surface area contributed by atoms with Gasteiger partial charge in [0.05, 0.1) is 4.70 Å². The van der Waals surface area contributed by atoms with Gasteiger partial charge in [-0.25, -0.2) is 0 Å². The SMILES string of the molecule is CC.CCC.Cn1ccc2ccsc2c1=S. The Balaban J connectivity index is 0.000000394. The van der Waals surface area contributed by atoms with Crippen molar-refractivity contribution in [3.63, 3.8) is 0 Å². The quantitative estimate of drug-likeness (QED) is 0.570. The van der Waals surface area contributed by atoms with Crippen LogP contribution in [0, 0.1) is 4.64 Å². The van der Waals surface area contributed by atoms with Gasteiger partial charge < -0.3 is 4.57 Å². The third-order valence-electron chi connectivity index (χ3n) is 1.69. The molecule has 1 nitrogen and oxygen atoms in total. The molecule has 0 spiro atoms. The van der Waals surface area contributed by atoms with E-state index in [9.17, 15) is 0 Å². The number of thiophene rings is 1. The van der Waals surface area contributed by atoms with Crippen LogP contribution < -0.4 is 0 Å². The highest BCUT2D eigenvalue weighted by atomic mass is 32.1. The number of pyridine rings is 1. The second-order valence-electron chi connectivity index (χ2n) is 3.14. The minimum absolute atomic E-state index is 0.928. The lowest BCUT2D eigenvalue weighted by molar-refractivity contribution is 0.901. The van der Waals surface area contributed by atoms with Crippen molar-refractivity contribution in [2.75, 3.05) is 0 Å². The number of fused-ring (bicyclic) bond motifs is 1. The molecule has 0 atom stereocenters. The molecule has 0 radical (unpaired) electrons. The first kappa shape index (κ1) is 15.3. The Morgan fingerprint density at radius 1 is 1.25 bits per heavy atom. The third kappa shape index (κ3) is 4.06. The predicted molar refractivity (Wildman–Crippen MR) is 78.9 cm³/mol. The molecule has 2 aromatic heterocycles. The molecule has 0 aliphatic rings. The molecule has 0 fully saturated rings. The molecule has 16 heavy (non-hydrogen) atoms. The average molecular weight is 255 g/mol. The summed E-state index contributed by atoms with van der Waals surface area (Å²) in [5.74, 6) is 0. The van der Waals surface area contributed by atoms with Crippen LogP contribution >= 0.6 is 23.6 Å². The minimum atomic E-state index is 0.928. The first-order valence-electron chi connectivity index (χ1n) is 5.73. The first-order chi connectivity index (χ1) is 7.70. The van der Waals surface area contributed by atoms with Crippen molar-refractivity contribution in [1.29, 1.82) is 0 Å². The van der Waals surface area contributed by atoms with Crippen LogP contribution in [0.2, 0.25) is 0 Å². The average Bonchev–Trinajstić information content (AvgIpc) is 2.76. The maximum absolute atomic E-state index is 5.22. The van der Waals surface area contributed by atoms with Crippen LogP contribution in [-0.4, -0.2) is 4.57 Å². The fourth-order valence-corrected chi connectivity index (χ4v) is 2.23. The highest BCUT2D eigenvalue weighted by Gasteiger charge is 1.96. The summed E-state index contributed by atoms with van der Waals surface area (Å²) in [5, 5.41) is 3.32. The summed E-state index contributed by atoms with van der Waals surface area (Å²) in [6.45, 7) is 8.25. The molecule has 0 saturated heterocycles. The van der Waals surface area contributed by atoms with Crippen LogP contribution in [0.4, 0.5) is 0 Å². The fourth-order valence-electron chi connectivity index (χ4n) is 1.04. The molecular formula is C13H21NS2. The summed E-state index contributed by atoms with van der Waals surface area (Å²) in [6.07, 6.45) is 3.25. The van der Waals surface area contributed by atoms with Crippen LogP contribution in [0.3, 0.4) is 0 Å². The maximum atomic E-state index is 5.22. The number of rotatable bonds is 0. The number of nitrogens with zero attached hydrogens (tertiary/aromatic N) is 1. The summed E-state index contributed by atoms with van der Waals surface area (Å²) in [5.41, 5.74) is 0. The van der Waals surface area contributed by atoms with Crippen LogP contribution in [0.1, 0.15) is 34.1 Å². The van der Waals surface area contributed by atoms with Crippen molar-refractivity contribution >= 4 is 33.6 Å². The van der Waals surface area contributed by atoms with Gasteiger partial charge in [0.2, 0.25) is 0 Å². The molecule has 2 rings (SSSR count). The normalized spacial score (nSPS) is 8.81. The van der Waals surface area contributed by atoms with Crippen molar-refractivity contribution in [3.8, 4) is 0 Å². The highest BCUT2D eigenvalue weighted by Crippen LogP contribution is 2.20. The molecule has 2 heterocycles. The number of aromatic nitrogens is 1. The molecule has 90 valence electrons. The predicted octanol–water partition coefficient (Wildman–Crippen LogP) is 5.41. The second kappa shape index (κ2) is 8.48. The van der Waals surface area contributed by atoms with E-state index in [0.717, 1.165) is 4.64 Å². The standard InChI is InChI=1S/C8H7NS2.C3H8.C2H6/c1-9-4-2-6-3-5-11-7(6)8(9)10;1-3-2;1-2/h2-5H,1H3;3H2,1-2H3;1-2H3. The monoisotopic (exact) mass is 255 g/mol. The number of aryl methyl sites for hydroxylation is 1. The van der Waals surface area contributed by atoms with Crippen LogP contribution in [0.25, 0.3) is 10.1 Å². The Morgan fingerprint density at radius 2 is 1.81 bits per heavy atom. The van der Waals surface area contributed by atoms with Crippen LogP contribution in [-0.2, 0) is 7.05 Å².